The summed E-state index contributed by atoms with van der Waals surface area (Å²) in [4.78, 5) is 20.7. The number of hydrogen-bond acceptors (Lipinski definition) is 4. The van der Waals surface area contributed by atoms with E-state index < -0.39 is 0 Å². The van der Waals surface area contributed by atoms with E-state index in [2.05, 4.69) is 127 Å². The van der Waals surface area contributed by atoms with E-state index in [-0.39, 0.29) is 0 Å². The predicted octanol–water partition coefficient (Wildman–Crippen LogP) is 10.5. The van der Waals surface area contributed by atoms with E-state index in [1.54, 1.807) is 0 Å². The topological polar surface area (TPSA) is 51.6 Å². The molecule has 3 heterocycles. The fourth-order valence-electron chi connectivity index (χ4n) is 6.42. The third-order valence-corrected chi connectivity index (χ3v) is 8.68. The van der Waals surface area contributed by atoms with Crippen LogP contribution >= 0.6 is 0 Å². The minimum atomic E-state index is 0.704. The molecule has 3 aromatic heterocycles. The Balaban J connectivity index is 1.26. The second-order valence-corrected chi connectivity index (χ2v) is 11.5. The van der Waals surface area contributed by atoms with Crippen LogP contribution in [0.4, 0.5) is 0 Å². The number of pyridine rings is 2. The van der Waals surface area contributed by atoms with Crippen LogP contribution in [0.5, 0.6) is 0 Å². The molecular weight excluding hydrogens is 560 g/mol. The number of benzene rings is 6. The number of rotatable bonds is 4. The normalized spacial score (nSPS) is 11.5. The Kier molecular flexibility index (Phi) is 6.10. The van der Waals surface area contributed by atoms with Gasteiger partial charge in [0, 0.05) is 38.4 Å². The summed E-state index contributed by atoms with van der Waals surface area (Å²) in [6.45, 7) is 0. The van der Waals surface area contributed by atoms with Gasteiger partial charge in [0.25, 0.3) is 0 Å². The average Bonchev–Trinajstić information content (AvgIpc) is 3.14. The molecule has 0 aliphatic carbocycles. The molecule has 0 aliphatic heterocycles. The van der Waals surface area contributed by atoms with Crippen LogP contribution in [0.2, 0.25) is 0 Å². The lowest BCUT2D eigenvalue weighted by molar-refractivity contribution is 1.23. The predicted molar refractivity (Wildman–Crippen MR) is 189 cm³/mol. The molecule has 4 nitrogen and oxygen atoms in total. The van der Waals surface area contributed by atoms with Crippen LogP contribution in [0, 0.1) is 0 Å². The molecule has 9 aromatic rings. The van der Waals surface area contributed by atoms with Crippen LogP contribution in [0.15, 0.2) is 158 Å². The van der Waals surface area contributed by atoms with Gasteiger partial charge in [-0.25, -0.2) is 19.9 Å². The van der Waals surface area contributed by atoms with E-state index in [1.165, 1.54) is 0 Å². The molecule has 0 saturated carbocycles. The molecule has 0 aliphatic rings. The molecule has 9 rings (SSSR count). The minimum absolute atomic E-state index is 0.704. The molecule has 0 fully saturated rings. The Hall–Kier alpha value is -6.26. The van der Waals surface area contributed by atoms with E-state index in [9.17, 15) is 0 Å². The number of fused-ring (bicyclic) bond motifs is 5. The Bertz CT molecular complexity index is 2590. The summed E-state index contributed by atoms with van der Waals surface area (Å²) in [6.07, 6.45) is 0. The van der Waals surface area contributed by atoms with Crippen molar-refractivity contribution in [1.82, 2.24) is 19.9 Å². The SMILES string of the molecule is c1ccc(-c2ccc3ccc4ccc(-c5ccccc5-c5nc(-c6cccc7ccccc67)nc6ccccc56)nc4c3n2)cc1. The maximum Gasteiger partial charge on any atom is 0.161 e. The van der Waals surface area contributed by atoms with Gasteiger partial charge >= 0.3 is 0 Å². The number of aromatic nitrogens is 4. The lowest BCUT2D eigenvalue weighted by Crippen LogP contribution is -1.98. The zero-order chi connectivity index (χ0) is 30.5. The molecule has 4 heteroatoms. The van der Waals surface area contributed by atoms with Crippen LogP contribution in [0.3, 0.4) is 0 Å². The molecule has 214 valence electrons. The van der Waals surface area contributed by atoms with E-state index in [1.807, 2.05) is 30.3 Å². The van der Waals surface area contributed by atoms with Crippen molar-refractivity contribution in [3.63, 3.8) is 0 Å². The van der Waals surface area contributed by atoms with Crippen molar-refractivity contribution >= 4 is 43.5 Å². The first-order valence-corrected chi connectivity index (χ1v) is 15.4. The Morgan fingerprint density at radius 3 is 1.74 bits per heavy atom. The molecule has 6 aromatic carbocycles. The van der Waals surface area contributed by atoms with E-state index in [4.69, 9.17) is 19.9 Å². The first kappa shape index (κ1) is 26.2. The molecular formula is C42H26N4. The van der Waals surface area contributed by atoms with Crippen molar-refractivity contribution in [3.05, 3.63) is 158 Å². The van der Waals surface area contributed by atoms with Crippen molar-refractivity contribution in [2.75, 3.05) is 0 Å². The molecule has 0 spiro atoms. The van der Waals surface area contributed by atoms with Crippen molar-refractivity contribution < 1.29 is 0 Å². The highest BCUT2D eigenvalue weighted by Crippen LogP contribution is 2.37. The molecule has 46 heavy (non-hydrogen) atoms. The third-order valence-electron chi connectivity index (χ3n) is 8.68. The van der Waals surface area contributed by atoms with E-state index in [0.717, 1.165) is 82.8 Å². The quantitative estimate of drug-likeness (QED) is 0.193. The van der Waals surface area contributed by atoms with Gasteiger partial charge in [0.05, 0.1) is 33.6 Å². The van der Waals surface area contributed by atoms with Crippen molar-refractivity contribution in [2.45, 2.75) is 0 Å². The third kappa shape index (κ3) is 4.39. The minimum Gasteiger partial charge on any atom is -0.245 e. The Morgan fingerprint density at radius 1 is 0.326 bits per heavy atom. The van der Waals surface area contributed by atoms with Gasteiger partial charge in [0.15, 0.2) is 5.82 Å². The van der Waals surface area contributed by atoms with Crippen LogP contribution in [0.1, 0.15) is 0 Å². The fraction of sp³-hybridized carbons (Fsp3) is 0. The molecule has 0 bridgehead atoms. The van der Waals surface area contributed by atoms with Gasteiger partial charge in [-0.3, -0.25) is 0 Å². The second-order valence-electron chi connectivity index (χ2n) is 11.5. The van der Waals surface area contributed by atoms with Crippen LogP contribution in [-0.2, 0) is 0 Å². The molecule has 0 N–H and O–H groups in total. The van der Waals surface area contributed by atoms with Gasteiger partial charge in [-0.15, -0.1) is 0 Å². The Labute approximate surface area is 265 Å². The molecule has 0 amide bonds. The number of para-hydroxylation sites is 1. The molecule has 0 radical (unpaired) electrons. The monoisotopic (exact) mass is 586 g/mol. The molecule has 0 unspecified atom stereocenters. The van der Waals surface area contributed by atoms with Gasteiger partial charge in [-0.2, -0.15) is 0 Å². The first-order valence-electron chi connectivity index (χ1n) is 15.4. The van der Waals surface area contributed by atoms with Crippen molar-refractivity contribution in [2.24, 2.45) is 0 Å². The van der Waals surface area contributed by atoms with E-state index in [0.29, 0.717) is 5.82 Å². The zero-order valence-corrected chi connectivity index (χ0v) is 24.8. The summed E-state index contributed by atoms with van der Waals surface area (Å²) in [7, 11) is 0. The summed E-state index contributed by atoms with van der Waals surface area (Å²) in [5.74, 6) is 0.704. The van der Waals surface area contributed by atoms with Crippen molar-refractivity contribution in [1.29, 1.82) is 0 Å². The number of nitrogens with zero attached hydrogens (tertiary/aromatic N) is 4. The maximum atomic E-state index is 5.29. The molecule has 0 atom stereocenters. The van der Waals surface area contributed by atoms with Crippen molar-refractivity contribution in [3.8, 4) is 45.2 Å². The summed E-state index contributed by atoms with van der Waals surface area (Å²) < 4.78 is 0. The van der Waals surface area contributed by atoms with Gasteiger partial charge in [0.2, 0.25) is 0 Å². The van der Waals surface area contributed by atoms with Crippen LogP contribution in [-0.4, -0.2) is 19.9 Å². The Morgan fingerprint density at radius 2 is 0.913 bits per heavy atom. The van der Waals surface area contributed by atoms with Gasteiger partial charge < -0.3 is 0 Å². The van der Waals surface area contributed by atoms with Crippen LogP contribution in [0.25, 0.3) is 88.6 Å². The highest BCUT2D eigenvalue weighted by molar-refractivity contribution is 6.05. The number of hydrogen-bond donors (Lipinski definition) is 0. The molecule has 0 saturated heterocycles. The van der Waals surface area contributed by atoms with Crippen LogP contribution < -0.4 is 0 Å². The summed E-state index contributed by atoms with van der Waals surface area (Å²) in [5, 5.41) is 5.41. The van der Waals surface area contributed by atoms with Gasteiger partial charge in [-0.1, -0.05) is 140 Å². The van der Waals surface area contributed by atoms with Gasteiger partial charge in [-0.05, 0) is 29.0 Å². The lowest BCUT2D eigenvalue weighted by Gasteiger charge is -2.14. The average molecular weight is 587 g/mol. The van der Waals surface area contributed by atoms with Gasteiger partial charge in [0.1, 0.15) is 0 Å². The maximum absolute atomic E-state index is 5.29. The second kappa shape index (κ2) is 10.7. The largest absolute Gasteiger partial charge is 0.245 e. The lowest BCUT2D eigenvalue weighted by atomic mass is 9.97. The summed E-state index contributed by atoms with van der Waals surface area (Å²) in [5.41, 5.74) is 9.47. The smallest absolute Gasteiger partial charge is 0.161 e. The summed E-state index contributed by atoms with van der Waals surface area (Å²) >= 11 is 0. The van der Waals surface area contributed by atoms with E-state index >= 15 is 0 Å². The highest BCUT2D eigenvalue weighted by Gasteiger charge is 2.17. The summed E-state index contributed by atoms with van der Waals surface area (Å²) in [6, 6.07) is 54.3. The first-order chi connectivity index (χ1) is 22.8. The standard InChI is InChI=1S/C42H26N4/c1-2-12-28(13-3-1)36-25-23-29-21-22-30-24-26-38(44-40(30)39(29)43-36)32-16-6-7-17-33(32)41-35-18-8-9-20-37(35)45-42(46-41)34-19-10-14-27-11-4-5-15-31(27)34/h1-26H. The zero-order valence-electron chi connectivity index (χ0n) is 24.8. The fourth-order valence-corrected chi connectivity index (χ4v) is 6.42. The highest BCUT2D eigenvalue weighted by atomic mass is 14.9.